The number of nitrogens with zero attached hydrogens (tertiary/aromatic N) is 3. The van der Waals surface area contributed by atoms with Crippen LogP contribution < -0.4 is 5.32 Å². The molecule has 2 aromatic rings. The van der Waals surface area contributed by atoms with Crippen LogP contribution in [-0.4, -0.2) is 40.7 Å². The smallest absolute Gasteiger partial charge is 0.240 e. The molecule has 112 valence electrons. The Labute approximate surface area is 125 Å². The number of piperazine rings is 1. The van der Waals surface area contributed by atoms with Crippen LogP contribution in [0.2, 0.25) is 0 Å². The van der Waals surface area contributed by atoms with Gasteiger partial charge in [-0.2, -0.15) is 4.98 Å². The van der Waals surface area contributed by atoms with Gasteiger partial charge in [0.05, 0.1) is 6.54 Å². The van der Waals surface area contributed by atoms with E-state index in [2.05, 4.69) is 51.5 Å². The van der Waals surface area contributed by atoms with Gasteiger partial charge in [0.2, 0.25) is 5.89 Å². The average molecular weight is 286 g/mol. The first-order chi connectivity index (χ1) is 10.3. The SMILES string of the molecule is C[C@@H]1CNCCN1Cc1nc(CCc2ccccc2)no1. The van der Waals surface area contributed by atoms with Crippen LogP contribution >= 0.6 is 0 Å². The number of benzene rings is 1. The first-order valence-corrected chi connectivity index (χ1v) is 7.61. The molecule has 5 nitrogen and oxygen atoms in total. The van der Waals surface area contributed by atoms with Gasteiger partial charge >= 0.3 is 0 Å². The Hall–Kier alpha value is -1.72. The maximum absolute atomic E-state index is 5.38. The summed E-state index contributed by atoms with van der Waals surface area (Å²) in [7, 11) is 0. The van der Waals surface area contributed by atoms with Crippen LogP contribution in [0.1, 0.15) is 24.2 Å². The Morgan fingerprint density at radius 2 is 2.14 bits per heavy atom. The molecule has 21 heavy (non-hydrogen) atoms. The van der Waals surface area contributed by atoms with Gasteiger partial charge in [0, 0.05) is 32.1 Å². The number of hydrogen-bond donors (Lipinski definition) is 1. The third kappa shape index (κ3) is 3.89. The second kappa shape index (κ2) is 6.83. The molecular weight excluding hydrogens is 264 g/mol. The molecule has 1 aromatic carbocycles. The fourth-order valence-corrected chi connectivity index (χ4v) is 2.65. The topological polar surface area (TPSA) is 54.2 Å². The van der Waals surface area contributed by atoms with Gasteiger partial charge in [-0.3, -0.25) is 4.90 Å². The predicted octanol–water partition coefficient (Wildman–Crippen LogP) is 1.65. The monoisotopic (exact) mass is 286 g/mol. The molecule has 1 saturated heterocycles. The van der Waals surface area contributed by atoms with Crippen LogP contribution in [0.3, 0.4) is 0 Å². The van der Waals surface area contributed by atoms with Gasteiger partial charge in [-0.15, -0.1) is 0 Å². The molecular formula is C16H22N4O. The summed E-state index contributed by atoms with van der Waals surface area (Å²) in [5.74, 6) is 1.53. The third-order valence-electron chi connectivity index (χ3n) is 3.97. The Morgan fingerprint density at radius 3 is 2.95 bits per heavy atom. The van der Waals surface area contributed by atoms with Gasteiger partial charge in [0.15, 0.2) is 5.82 Å². The average Bonchev–Trinajstić information content (AvgIpc) is 2.96. The first-order valence-electron chi connectivity index (χ1n) is 7.61. The Balaban J connectivity index is 1.53. The molecule has 0 bridgehead atoms. The molecule has 5 heteroatoms. The van der Waals surface area contributed by atoms with Crippen molar-refractivity contribution in [2.75, 3.05) is 19.6 Å². The summed E-state index contributed by atoms with van der Waals surface area (Å²) in [4.78, 5) is 6.89. The van der Waals surface area contributed by atoms with Crippen molar-refractivity contribution in [3.63, 3.8) is 0 Å². The summed E-state index contributed by atoms with van der Waals surface area (Å²) in [6, 6.07) is 10.9. The zero-order valence-corrected chi connectivity index (χ0v) is 12.5. The summed E-state index contributed by atoms with van der Waals surface area (Å²) >= 11 is 0. The second-order valence-corrected chi connectivity index (χ2v) is 5.61. The molecule has 0 saturated carbocycles. The van der Waals surface area contributed by atoms with Gasteiger partial charge in [-0.1, -0.05) is 35.5 Å². The number of nitrogens with one attached hydrogen (secondary N) is 1. The maximum Gasteiger partial charge on any atom is 0.240 e. The van der Waals surface area contributed by atoms with Crippen molar-refractivity contribution < 1.29 is 4.52 Å². The lowest BCUT2D eigenvalue weighted by Crippen LogP contribution is -2.49. The molecule has 1 atom stereocenters. The molecule has 1 N–H and O–H groups in total. The number of aromatic nitrogens is 2. The molecule has 2 heterocycles. The van der Waals surface area contributed by atoms with Gasteiger partial charge in [-0.05, 0) is 18.9 Å². The van der Waals surface area contributed by atoms with Crippen LogP contribution in [0.4, 0.5) is 0 Å². The Kier molecular flexibility index (Phi) is 4.62. The van der Waals surface area contributed by atoms with E-state index >= 15 is 0 Å². The lowest BCUT2D eigenvalue weighted by atomic mass is 10.1. The molecule has 1 aliphatic heterocycles. The highest BCUT2D eigenvalue weighted by Gasteiger charge is 2.20. The standard InChI is InChI=1S/C16H22N4O/c1-13-11-17-9-10-20(13)12-16-18-15(19-21-16)8-7-14-5-3-2-4-6-14/h2-6,13,17H,7-12H2,1H3/t13-/m1/s1. The zero-order chi connectivity index (χ0) is 14.5. The van der Waals surface area contributed by atoms with Gasteiger partial charge in [0.1, 0.15) is 0 Å². The molecule has 0 amide bonds. The zero-order valence-electron chi connectivity index (χ0n) is 12.5. The van der Waals surface area contributed by atoms with Gasteiger partial charge < -0.3 is 9.84 Å². The van der Waals surface area contributed by atoms with Crippen LogP contribution in [0, 0.1) is 0 Å². The van der Waals surface area contributed by atoms with E-state index in [1.54, 1.807) is 0 Å². The third-order valence-corrected chi connectivity index (χ3v) is 3.97. The van der Waals surface area contributed by atoms with E-state index in [9.17, 15) is 0 Å². The van der Waals surface area contributed by atoms with Crippen molar-refractivity contribution in [2.24, 2.45) is 0 Å². The van der Waals surface area contributed by atoms with E-state index in [0.717, 1.165) is 50.7 Å². The van der Waals surface area contributed by atoms with Crippen molar-refractivity contribution in [3.8, 4) is 0 Å². The molecule has 1 fully saturated rings. The second-order valence-electron chi connectivity index (χ2n) is 5.61. The van der Waals surface area contributed by atoms with Crippen LogP contribution in [0.25, 0.3) is 0 Å². The molecule has 0 unspecified atom stereocenters. The van der Waals surface area contributed by atoms with Gasteiger partial charge in [-0.25, -0.2) is 0 Å². The van der Waals surface area contributed by atoms with E-state index in [1.807, 2.05) is 6.07 Å². The number of rotatable bonds is 5. The minimum absolute atomic E-state index is 0.512. The first kappa shape index (κ1) is 14.2. The fourth-order valence-electron chi connectivity index (χ4n) is 2.65. The highest BCUT2D eigenvalue weighted by Crippen LogP contribution is 2.10. The highest BCUT2D eigenvalue weighted by atomic mass is 16.5. The quantitative estimate of drug-likeness (QED) is 0.905. The van der Waals surface area contributed by atoms with Gasteiger partial charge in [0.25, 0.3) is 0 Å². The number of aryl methyl sites for hydroxylation is 2. The molecule has 0 radical (unpaired) electrons. The molecule has 0 aliphatic carbocycles. The van der Waals surface area contributed by atoms with E-state index in [1.165, 1.54) is 5.56 Å². The van der Waals surface area contributed by atoms with E-state index < -0.39 is 0 Å². The largest absolute Gasteiger partial charge is 0.338 e. The lowest BCUT2D eigenvalue weighted by Gasteiger charge is -2.32. The van der Waals surface area contributed by atoms with E-state index in [4.69, 9.17) is 4.52 Å². The molecule has 0 spiro atoms. The minimum atomic E-state index is 0.512. The van der Waals surface area contributed by atoms with Crippen molar-refractivity contribution in [1.29, 1.82) is 0 Å². The van der Waals surface area contributed by atoms with Crippen molar-refractivity contribution in [1.82, 2.24) is 20.4 Å². The number of hydrogen-bond acceptors (Lipinski definition) is 5. The van der Waals surface area contributed by atoms with Crippen molar-refractivity contribution in [3.05, 3.63) is 47.6 Å². The summed E-state index contributed by atoms with van der Waals surface area (Å²) in [5.41, 5.74) is 1.31. The molecule has 3 rings (SSSR count). The minimum Gasteiger partial charge on any atom is -0.338 e. The maximum atomic E-state index is 5.38. The normalized spacial score (nSPS) is 19.8. The molecule has 1 aromatic heterocycles. The van der Waals surface area contributed by atoms with Crippen LogP contribution in [0.15, 0.2) is 34.9 Å². The Morgan fingerprint density at radius 1 is 1.29 bits per heavy atom. The van der Waals surface area contributed by atoms with E-state index in [-0.39, 0.29) is 0 Å². The van der Waals surface area contributed by atoms with E-state index in [0.29, 0.717) is 6.04 Å². The molecule has 1 aliphatic rings. The highest BCUT2D eigenvalue weighted by molar-refractivity contribution is 5.15. The fraction of sp³-hybridized carbons (Fsp3) is 0.500. The summed E-state index contributed by atoms with van der Waals surface area (Å²) in [6.07, 6.45) is 1.77. The summed E-state index contributed by atoms with van der Waals surface area (Å²) in [5, 5.41) is 7.48. The van der Waals surface area contributed by atoms with Crippen molar-refractivity contribution in [2.45, 2.75) is 32.4 Å². The summed E-state index contributed by atoms with van der Waals surface area (Å²) in [6.45, 7) is 6.05. The van der Waals surface area contributed by atoms with Crippen molar-refractivity contribution >= 4 is 0 Å². The Bertz CT molecular complexity index is 554. The summed E-state index contributed by atoms with van der Waals surface area (Å²) < 4.78 is 5.38. The lowest BCUT2D eigenvalue weighted by molar-refractivity contribution is 0.146. The predicted molar refractivity (Wildman–Crippen MR) is 80.9 cm³/mol. The van der Waals surface area contributed by atoms with Crippen LogP contribution in [0.5, 0.6) is 0 Å². The van der Waals surface area contributed by atoms with Crippen LogP contribution in [-0.2, 0) is 19.4 Å².